The van der Waals surface area contributed by atoms with E-state index < -0.39 is 0 Å². The summed E-state index contributed by atoms with van der Waals surface area (Å²) in [6.45, 7) is 8.00. The molecule has 6 nitrogen and oxygen atoms in total. The van der Waals surface area contributed by atoms with Gasteiger partial charge in [-0.25, -0.2) is 0 Å². The smallest absolute Gasteiger partial charge is 0.248 e. The van der Waals surface area contributed by atoms with Crippen molar-refractivity contribution in [3.8, 4) is 45.8 Å². The highest BCUT2D eigenvalue weighted by atomic mass is 16.4. The number of benzene rings is 3. The van der Waals surface area contributed by atoms with Gasteiger partial charge in [-0.15, -0.1) is 20.4 Å². The lowest BCUT2D eigenvalue weighted by atomic mass is 10.0. The highest BCUT2D eigenvalue weighted by molar-refractivity contribution is 5.74. The van der Waals surface area contributed by atoms with E-state index in [4.69, 9.17) is 8.83 Å². The second-order valence-electron chi connectivity index (χ2n) is 7.56. The number of aryl methyl sites for hydroxylation is 2. The predicted octanol–water partition coefficient (Wildman–Crippen LogP) is 6.38. The topological polar surface area (TPSA) is 77.8 Å². The van der Waals surface area contributed by atoms with E-state index in [1.54, 1.807) is 6.08 Å². The van der Waals surface area contributed by atoms with Crippen molar-refractivity contribution in [3.05, 3.63) is 90.0 Å². The first kappa shape index (κ1) is 19.6. The molecule has 0 unspecified atom stereocenters. The molecule has 0 aliphatic carbocycles. The standard InChI is InChI=1S/C26H20N4O2/c1-4-18-15-21(25-29-27-23(31-25)19-9-5-16(2)6-10-19)13-14-22(18)26-30-28-24(32-26)20-11-7-17(3)8-12-20/h4-15H,1H2,2-3H3. The van der Waals surface area contributed by atoms with Crippen molar-refractivity contribution >= 4 is 6.08 Å². The normalized spacial score (nSPS) is 10.9. The molecule has 2 heterocycles. The third kappa shape index (κ3) is 3.74. The van der Waals surface area contributed by atoms with Gasteiger partial charge in [-0.1, -0.05) is 48.0 Å². The van der Waals surface area contributed by atoms with Gasteiger partial charge in [0.1, 0.15) is 0 Å². The summed E-state index contributed by atoms with van der Waals surface area (Å²) in [6, 6.07) is 21.6. The maximum atomic E-state index is 5.93. The van der Waals surface area contributed by atoms with Crippen molar-refractivity contribution in [2.45, 2.75) is 13.8 Å². The van der Waals surface area contributed by atoms with Gasteiger partial charge in [0.05, 0.1) is 0 Å². The minimum absolute atomic E-state index is 0.424. The molecule has 0 atom stereocenters. The summed E-state index contributed by atoms with van der Waals surface area (Å²) in [5.41, 5.74) is 6.50. The molecule has 0 aliphatic heterocycles. The summed E-state index contributed by atoms with van der Waals surface area (Å²) in [7, 11) is 0. The second kappa shape index (κ2) is 8.07. The summed E-state index contributed by atoms with van der Waals surface area (Å²) in [5.74, 6) is 1.80. The number of aromatic nitrogens is 4. The summed E-state index contributed by atoms with van der Waals surface area (Å²) < 4.78 is 11.8. The third-order valence-corrected chi connectivity index (χ3v) is 5.20. The fourth-order valence-electron chi connectivity index (χ4n) is 3.36. The molecule has 0 bridgehead atoms. The molecule has 0 spiro atoms. The molecule has 0 N–H and O–H groups in total. The van der Waals surface area contributed by atoms with Crippen molar-refractivity contribution in [1.29, 1.82) is 0 Å². The van der Waals surface area contributed by atoms with E-state index in [2.05, 4.69) is 27.0 Å². The Labute approximate surface area is 185 Å². The zero-order chi connectivity index (χ0) is 22.1. The van der Waals surface area contributed by atoms with Crippen LogP contribution >= 0.6 is 0 Å². The van der Waals surface area contributed by atoms with Crippen LogP contribution in [-0.4, -0.2) is 20.4 Å². The van der Waals surface area contributed by atoms with E-state index in [9.17, 15) is 0 Å². The molecule has 156 valence electrons. The molecule has 6 heteroatoms. The average Bonchev–Trinajstić information content (AvgIpc) is 3.50. The summed E-state index contributed by atoms with van der Waals surface area (Å²) in [6.07, 6.45) is 1.74. The fourth-order valence-corrected chi connectivity index (χ4v) is 3.36. The molecule has 0 aliphatic rings. The molecular weight excluding hydrogens is 400 g/mol. The maximum absolute atomic E-state index is 5.93. The molecule has 32 heavy (non-hydrogen) atoms. The number of hydrogen-bond donors (Lipinski definition) is 0. The Morgan fingerprint density at radius 1 is 0.594 bits per heavy atom. The average molecular weight is 420 g/mol. The Bertz CT molecular complexity index is 1400. The lowest BCUT2D eigenvalue weighted by Gasteiger charge is -2.04. The van der Waals surface area contributed by atoms with Gasteiger partial charge >= 0.3 is 0 Å². The molecule has 0 saturated carbocycles. The van der Waals surface area contributed by atoms with Crippen LogP contribution in [0.15, 0.2) is 82.1 Å². The summed E-state index contributed by atoms with van der Waals surface area (Å²) in [4.78, 5) is 0. The quantitative estimate of drug-likeness (QED) is 0.328. The molecule has 0 amide bonds. The van der Waals surface area contributed by atoms with Gasteiger partial charge in [-0.2, -0.15) is 0 Å². The number of hydrogen-bond acceptors (Lipinski definition) is 6. The highest BCUT2D eigenvalue weighted by Crippen LogP contribution is 2.31. The first-order valence-corrected chi connectivity index (χ1v) is 10.2. The highest BCUT2D eigenvalue weighted by Gasteiger charge is 2.16. The van der Waals surface area contributed by atoms with Gasteiger partial charge in [-0.05, 0) is 61.9 Å². The van der Waals surface area contributed by atoms with Gasteiger partial charge in [0.25, 0.3) is 0 Å². The van der Waals surface area contributed by atoms with Crippen LogP contribution in [0.1, 0.15) is 16.7 Å². The van der Waals surface area contributed by atoms with Crippen LogP contribution in [0.4, 0.5) is 0 Å². The molecule has 3 aromatic carbocycles. The van der Waals surface area contributed by atoms with Crippen LogP contribution in [0, 0.1) is 13.8 Å². The van der Waals surface area contributed by atoms with Gasteiger partial charge in [0.2, 0.25) is 23.6 Å². The monoisotopic (exact) mass is 420 g/mol. The summed E-state index contributed by atoms with van der Waals surface area (Å²) >= 11 is 0. The minimum atomic E-state index is 0.424. The lowest BCUT2D eigenvalue weighted by molar-refractivity contribution is 0.582. The van der Waals surface area contributed by atoms with Crippen molar-refractivity contribution < 1.29 is 8.83 Å². The molecular formula is C26H20N4O2. The largest absolute Gasteiger partial charge is 0.416 e. The van der Waals surface area contributed by atoms with Crippen LogP contribution in [-0.2, 0) is 0 Å². The zero-order valence-electron chi connectivity index (χ0n) is 17.7. The molecule has 0 fully saturated rings. The number of rotatable bonds is 5. The van der Waals surface area contributed by atoms with E-state index in [1.165, 1.54) is 11.1 Å². The Morgan fingerprint density at radius 2 is 1.03 bits per heavy atom. The van der Waals surface area contributed by atoms with Crippen LogP contribution in [0.3, 0.4) is 0 Å². The molecule has 0 saturated heterocycles. The lowest BCUT2D eigenvalue weighted by Crippen LogP contribution is -1.86. The Balaban J connectivity index is 1.46. The van der Waals surface area contributed by atoms with Crippen molar-refractivity contribution in [2.24, 2.45) is 0 Å². The Kier molecular flexibility index (Phi) is 4.95. The second-order valence-corrected chi connectivity index (χ2v) is 7.56. The Morgan fingerprint density at radius 3 is 1.56 bits per heavy atom. The zero-order valence-corrected chi connectivity index (χ0v) is 17.7. The van der Waals surface area contributed by atoms with E-state index in [1.807, 2.05) is 80.6 Å². The van der Waals surface area contributed by atoms with Crippen LogP contribution in [0.2, 0.25) is 0 Å². The van der Waals surface area contributed by atoms with Crippen molar-refractivity contribution in [3.63, 3.8) is 0 Å². The van der Waals surface area contributed by atoms with Crippen LogP contribution < -0.4 is 0 Å². The third-order valence-electron chi connectivity index (χ3n) is 5.20. The molecule has 2 aromatic heterocycles. The van der Waals surface area contributed by atoms with E-state index in [-0.39, 0.29) is 0 Å². The van der Waals surface area contributed by atoms with Gasteiger partial charge in [0.15, 0.2) is 0 Å². The first-order chi connectivity index (χ1) is 15.6. The van der Waals surface area contributed by atoms with Crippen molar-refractivity contribution in [1.82, 2.24) is 20.4 Å². The molecule has 0 radical (unpaired) electrons. The van der Waals surface area contributed by atoms with E-state index >= 15 is 0 Å². The molecule has 5 rings (SSSR count). The number of nitrogens with zero attached hydrogens (tertiary/aromatic N) is 4. The first-order valence-electron chi connectivity index (χ1n) is 10.2. The van der Waals surface area contributed by atoms with Crippen molar-refractivity contribution in [2.75, 3.05) is 0 Å². The molecule has 5 aromatic rings. The SMILES string of the molecule is C=Cc1cc(-c2nnc(-c3ccc(C)cc3)o2)ccc1-c1nnc(-c2ccc(C)cc2)o1. The fraction of sp³-hybridized carbons (Fsp3) is 0.0769. The Hall–Kier alpha value is -4.32. The minimum Gasteiger partial charge on any atom is -0.416 e. The van der Waals surface area contributed by atoms with Gasteiger partial charge in [-0.3, -0.25) is 0 Å². The predicted molar refractivity (Wildman–Crippen MR) is 123 cm³/mol. The maximum Gasteiger partial charge on any atom is 0.248 e. The summed E-state index contributed by atoms with van der Waals surface area (Å²) in [5, 5.41) is 16.8. The van der Waals surface area contributed by atoms with E-state index in [0.29, 0.717) is 23.6 Å². The van der Waals surface area contributed by atoms with Crippen LogP contribution in [0.25, 0.3) is 51.9 Å². The van der Waals surface area contributed by atoms with E-state index in [0.717, 1.165) is 27.8 Å². The van der Waals surface area contributed by atoms with Gasteiger partial charge in [0, 0.05) is 22.3 Å². The van der Waals surface area contributed by atoms with Crippen LogP contribution in [0.5, 0.6) is 0 Å². The van der Waals surface area contributed by atoms with Gasteiger partial charge < -0.3 is 8.83 Å².